The fraction of sp³-hybridized carbons (Fsp3) is 0.286. The van der Waals surface area contributed by atoms with E-state index in [1.165, 1.54) is 0 Å². The van der Waals surface area contributed by atoms with Gasteiger partial charge in [-0.15, -0.1) is 0 Å². The molecule has 0 aliphatic heterocycles. The van der Waals surface area contributed by atoms with Crippen LogP contribution in [0.15, 0.2) is 10.9 Å². The van der Waals surface area contributed by atoms with E-state index in [0.29, 0.717) is 0 Å². The maximum absolute atomic E-state index is 11.3. The van der Waals surface area contributed by atoms with Gasteiger partial charge in [-0.2, -0.15) is 0 Å². The second-order valence-corrected chi connectivity index (χ2v) is 3.01. The molecular formula is C7H8ClN3O3. The molecule has 0 radical (unpaired) electrons. The lowest BCUT2D eigenvalue weighted by Gasteiger charge is -2.00. The van der Waals surface area contributed by atoms with Crippen molar-refractivity contribution in [2.24, 2.45) is 5.73 Å². The molecule has 1 heterocycles. The monoisotopic (exact) mass is 217 g/mol. The van der Waals surface area contributed by atoms with Gasteiger partial charge in [0.05, 0.1) is 16.6 Å². The average molecular weight is 218 g/mol. The Bertz CT molecular complexity index is 415. The molecule has 0 bridgehead atoms. The van der Waals surface area contributed by atoms with Gasteiger partial charge in [-0.3, -0.25) is 14.9 Å². The minimum atomic E-state index is -0.647. The zero-order valence-corrected chi connectivity index (χ0v) is 7.87. The summed E-state index contributed by atoms with van der Waals surface area (Å²) in [5.74, 6) is 0. The molecule has 3 N–H and O–H groups in total. The standard InChI is InChI=1S/C7H8ClN3O3/c8-6-3-5(11(13)14)4(1-2-9)7(12)10-6/h3H,1-2,9H2,(H,10,12). The van der Waals surface area contributed by atoms with Crippen LogP contribution in [0, 0.1) is 10.1 Å². The van der Waals surface area contributed by atoms with Gasteiger partial charge in [-0.25, -0.2) is 0 Å². The first-order chi connectivity index (χ1) is 6.56. The number of hydrogen-bond donors (Lipinski definition) is 2. The van der Waals surface area contributed by atoms with Crippen molar-refractivity contribution < 1.29 is 4.92 Å². The van der Waals surface area contributed by atoms with Gasteiger partial charge < -0.3 is 10.7 Å². The number of nitrogens with one attached hydrogen (secondary N) is 1. The zero-order valence-electron chi connectivity index (χ0n) is 7.12. The summed E-state index contributed by atoms with van der Waals surface area (Å²) in [6, 6.07) is 1.11. The summed E-state index contributed by atoms with van der Waals surface area (Å²) >= 11 is 5.48. The first-order valence-corrected chi connectivity index (χ1v) is 4.20. The Morgan fingerprint density at radius 2 is 2.29 bits per heavy atom. The first kappa shape index (κ1) is 10.7. The van der Waals surface area contributed by atoms with Crippen LogP contribution in [0.2, 0.25) is 5.15 Å². The van der Waals surface area contributed by atoms with Gasteiger partial charge in [0.15, 0.2) is 0 Å². The van der Waals surface area contributed by atoms with Crippen molar-refractivity contribution in [2.45, 2.75) is 6.42 Å². The van der Waals surface area contributed by atoms with Crippen LogP contribution < -0.4 is 11.3 Å². The van der Waals surface area contributed by atoms with Crippen molar-refractivity contribution in [1.29, 1.82) is 0 Å². The van der Waals surface area contributed by atoms with Crippen molar-refractivity contribution in [3.8, 4) is 0 Å². The first-order valence-electron chi connectivity index (χ1n) is 3.82. The SMILES string of the molecule is NCCc1c([N+](=O)[O-])cc(Cl)[nH]c1=O. The number of hydrogen-bond acceptors (Lipinski definition) is 4. The molecule has 0 fully saturated rings. The number of nitrogens with two attached hydrogens (primary N) is 1. The second-order valence-electron chi connectivity index (χ2n) is 2.61. The van der Waals surface area contributed by atoms with E-state index in [9.17, 15) is 14.9 Å². The molecule has 0 unspecified atom stereocenters. The molecular weight excluding hydrogens is 210 g/mol. The summed E-state index contributed by atoms with van der Waals surface area (Å²) in [5, 5.41) is 10.5. The molecule has 0 spiro atoms. The highest BCUT2D eigenvalue weighted by Gasteiger charge is 2.17. The van der Waals surface area contributed by atoms with Gasteiger partial charge in [0, 0.05) is 0 Å². The van der Waals surface area contributed by atoms with Crippen molar-refractivity contribution in [1.82, 2.24) is 4.98 Å². The molecule has 6 nitrogen and oxygen atoms in total. The highest BCUT2D eigenvalue weighted by atomic mass is 35.5. The molecule has 7 heteroatoms. The number of halogens is 1. The van der Waals surface area contributed by atoms with E-state index < -0.39 is 10.5 Å². The maximum Gasteiger partial charge on any atom is 0.281 e. The summed E-state index contributed by atoms with van der Waals surface area (Å²) < 4.78 is 0. The molecule has 1 rings (SSSR count). The summed E-state index contributed by atoms with van der Waals surface area (Å²) in [6.07, 6.45) is 0.156. The number of rotatable bonds is 3. The Balaban J connectivity index is 3.36. The van der Waals surface area contributed by atoms with E-state index in [2.05, 4.69) is 4.98 Å². The summed E-state index contributed by atoms with van der Waals surface area (Å²) in [5.41, 5.74) is 4.44. The molecule has 0 aliphatic rings. The van der Waals surface area contributed by atoms with Crippen LogP contribution in [0.4, 0.5) is 5.69 Å². The fourth-order valence-electron chi connectivity index (χ4n) is 1.09. The Hall–Kier alpha value is -1.40. The molecule has 0 atom stereocenters. The number of aromatic nitrogens is 1. The average Bonchev–Trinajstić information content (AvgIpc) is 2.09. The molecule has 0 aliphatic carbocycles. The lowest BCUT2D eigenvalue weighted by Crippen LogP contribution is -2.18. The van der Waals surface area contributed by atoms with Crippen molar-refractivity contribution in [3.05, 3.63) is 37.3 Å². The minimum absolute atomic E-state index is 0.0533. The Kier molecular flexibility index (Phi) is 3.21. The molecule has 1 aromatic heterocycles. The van der Waals surface area contributed by atoms with E-state index in [1.54, 1.807) is 0 Å². The number of H-pyrrole nitrogens is 1. The van der Waals surface area contributed by atoms with Crippen LogP contribution >= 0.6 is 11.6 Å². The van der Waals surface area contributed by atoms with Gasteiger partial charge in [0.25, 0.3) is 11.2 Å². The van der Waals surface area contributed by atoms with Crippen LogP contribution in [0.1, 0.15) is 5.56 Å². The van der Waals surface area contributed by atoms with Gasteiger partial charge in [0.1, 0.15) is 5.15 Å². The zero-order chi connectivity index (χ0) is 10.7. The number of aromatic amines is 1. The third kappa shape index (κ3) is 2.09. The fourth-order valence-corrected chi connectivity index (χ4v) is 1.28. The maximum atomic E-state index is 11.3. The van der Waals surface area contributed by atoms with Crippen LogP contribution in [-0.4, -0.2) is 16.5 Å². The summed E-state index contributed by atoms with van der Waals surface area (Å²) in [7, 11) is 0. The lowest BCUT2D eigenvalue weighted by atomic mass is 10.2. The van der Waals surface area contributed by atoms with E-state index in [4.69, 9.17) is 17.3 Å². The highest BCUT2D eigenvalue weighted by molar-refractivity contribution is 6.29. The van der Waals surface area contributed by atoms with Crippen LogP contribution in [-0.2, 0) is 6.42 Å². The van der Waals surface area contributed by atoms with Crippen LogP contribution in [0.25, 0.3) is 0 Å². The van der Waals surface area contributed by atoms with Gasteiger partial charge in [-0.05, 0) is 13.0 Å². The molecule has 0 saturated carbocycles. The molecule has 76 valence electrons. The molecule has 0 saturated heterocycles. The molecule has 1 aromatic rings. The van der Waals surface area contributed by atoms with Crippen molar-refractivity contribution in [2.75, 3.05) is 6.54 Å². The van der Waals surface area contributed by atoms with Crippen LogP contribution in [0.3, 0.4) is 0 Å². The third-order valence-corrected chi connectivity index (χ3v) is 1.87. The van der Waals surface area contributed by atoms with E-state index in [0.717, 1.165) is 6.07 Å². The second kappa shape index (κ2) is 4.21. The normalized spacial score (nSPS) is 10.1. The lowest BCUT2D eigenvalue weighted by molar-refractivity contribution is -0.385. The van der Waals surface area contributed by atoms with Gasteiger partial charge in [0.2, 0.25) is 0 Å². The Morgan fingerprint density at radius 3 is 2.79 bits per heavy atom. The topological polar surface area (TPSA) is 102 Å². The number of nitro groups is 1. The summed E-state index contributed by atoms with van der Waals surface area (Å²) in [4.78, 5) is 23.4. The van der Waals surface area contributed by atoms with Crippen LogP contribution in [0.5, 0.6) is 0 Å². The number of pyridine rings is 1. The Morgan fingerprint density at radius 1 is 1.64 bits per heavy atom. The predicted molar refractivity (Wildman–Crippen MR) is 51.5 cm³/mol. The number of nitrogens with zero attached hydrogens (tertiary/aromatic N) is 1. The predicted octanol–water partition coefficient (Wildman–Crippen LogP) is 0.438. The van der Waals surface area contributed by atoms with Gasteiger partial charge >= 0.3 is 0 Å². The van der Waals surface area contributed by atoms with Crippen molar-refractivity contribution >= 4 is 17.3 Å². The van der Waals surface area contributed by atoms with E-state index in [-0.39, 0.29) is 29.4 Å². The minimum Gasteiger partial charge on any atom is -0.330 e. The van der Waals surface area contributed by atoms with E-state index >= 15 is 0 Å². The van der Waals surface area contributed by atoms with Crippen molar-refractivity contribution in [3.63, 3.8) is 0 Å². The van der Waals surface area contributed by atoms with Gasteiger partial charge in [-0.1, -0.05) is 11.6 Å². The summed E-state index contributed by atoms with van der Waals surface area (Å²) in [6.45, 7) is 0.172. The third-order valence-electron chi connectivity index (χ3n) is 1.67. The largest absolute Gasteiger partial charge is 0.330 e. The molecule has 0 aromatic carbocycles. The quantitative estimate of drug-likeness (QED) is 0.436. The molecule has 14 heavy (non-hydrogen) atoms. The smallest absolute Gasteiger partial charge is 0.281 e. The van der Waals surface area contributed by atoms with E-state index in [1.807, 2.05) is 0 Å². The Labute approximate surface area is 83.8 Å². The highest BCUT2D eigenvalue weighted by Crippen LogP contribution is 2.17. The molecule has 0 amide bonds.